The first kappa shape index (κ1) is 20.2. The lowest BCUT2D eigenvalue weighted by Crippen LogP contribution is -2.41. The highest BCUT2D eigenvalue weighted by Crippen LogP contribution is 2.24. The number of sulfonamides is 1. The molecule has 1 fully saturated rings. The van der Waals surface area contributed by atoms with Gasteiger partial charge in [0.1, 0.15) is 0 Å². The highest BCUT2D eigenvalue weighted by atomic mass is 35.5. The van der Waals surface area contributed by atoms with E-state index in [1.54, 1.807) is 12.1 Å². The average Bonchev–Trinajstić information content (AvgIpc) is 3.04. The summed E-state index contributed by atoms with van der Waals surface area (Å²) in [5, 5.41) is 0.501. The largest absolute Gasteiger partial charge is 0.326 e. The van der Waals surface area contributed by atoms with Gasteiger partial charge in [0.05, 0.1) is 15.9 Å². The van der Waals surface area contributed by atoms with Crippen LogP contribution >= 0.6 is 11.6 Å². The highest BCUT2D eigenvalue weighted by molar-refractivity contribution is 7.89. The van der Waals surface area contributed by atoms with E-state index in [1.807, 2.05) is 28.8 Å². The van der Waals surface area contributed by atoms with E-state index in [1.165, 1.54) is 12.1 Å². The van der Waals surface area contributed by atoms with Crippen LogP contribution in [-0.4, -0.2) is 49.0 Å². The van der Waals surface area contributed by atoms with Crippen LogP contribution in [0, 0.1) is 0 Å². The molecule has 2 heterocycles. The van der Waals surface area contributed by atoms with Crippen molar-refractivity contribution in [3.8, 4) is 0 Å². The number of hydrogen-bond acceptors (Lipinski definition) is 4. The minimum Gasteiger partial charge on any atom is -0.306 e. The summed E-state index contributed by atoms with van der Waals surface area (Å²) in [4.78, 5) is 17.7. The summed E-state index contributed by atoms with van der Waals surface area (Å²) in [6.45, 7) is 2.60. The Hall–Kier alpha value is -2.13. The molecule has 1 aromatic heterocycles. The SMILES string of the molecule is O=c1[nH]c2ccccc2n1C1CCN(CCNS(=O)(=O)c2ccc(Cl)cc2)CC1. The van der Waals surface area contributed by atoms with Gasteiger partial charge in [-0.2, -0.15) is 0 Å². The Bertz CT molecular complexity index is 1150. The molecule has 0 amide bonds. The van der Waals surface area contributed by atoms with Crippen molar-refractivity contribution < 1.29 is 8.42 Å². The molecule has 1 aliphatic heterocycles. The third kappa shape index (κ3) is 4.40. The summed E-state index contributed by atoms with van der Waals surface area (Å²) in [5.41, 5.74) is 1.73. The van der Waals surface area contributed by atoms with Crippen molar-refractivity contribution >= 4 is 32.7 Å². The van der Waals surface area contributed by atoms with Gasteiger partial charge in [0.2, 0.25) is 10.0 Å². The second-order valence-electron chi connectivity index (χ2n) is 7.24. The number of aromatic amines is 1. The zero-order valence-electron chi connectivity index (χ0n) is 15.8. The van der Waals surface area contributed by atoms with E-state index in [4.69, 9.17) is 11.6 Å². The minimum atomic E-state index is -3.54. The second kappa shape index (κ2) is 8.31. The van der Waals surface area contributed by atoms with E-state index >= 15 is 0 Å². The van der Waals surface area contributed by atoms with Crippen LogP contribution in [0.5, 0.6) is 0 Å². The van der Waals surface area contributed by atoms with Gasteiger partial charge in [-0.05, 0) is 49.2 Å². The fraction of sp³-hybridized carbons (Fsp3) is 0.350. The number of aromatic nitrogens is 2. The van der Waals surface area contributed by atoms with Gasteiger partial charge in [0, 0.05) is 37.2 Å². The van der Waals surface area contributed by atoms with Crippen LogP contribution in [0.15, 0.2) is 58.2 Å². The molecule has 0 aliphatic carbocycles. The van der Waals surface area contributed by atoms with Crippen molar-refractivity contribution in [3.05, 3.63) is 64.0 Å². The van der Waals surface area contributed by atoms with Crippen molar-refractivity contribution in [2.75, 3.05) is 26.2 Å². The number of rotatable bonds is 6. The fourth-order valence-electron chi connectivity index (χ4n) is 3.87. The number of benzene rings is 2. The van der Waals surface area contributed by atoms with Crippen molar-refractivity contribution in [1.29, 1.82) is 0 Å². The molecule has 7 nitrogen and oxygen atoms in total. The van der Waals surface area contributed by atoms with Gasteiger partial charge in [-0.25, -0.2) is 17.9 Å². The smallest absolute Gasteiger partial charge is 0.306 e. The third-order valence-electron chi connectivity index (χ3n) is 5.39. The lowest BCUT2D eigenvalue weighted by Gasteiger charge is -2.32. The molecule has 0 spiro atoms. The van der Waals surface area contributed by atoms with E-state index in [-0.39, 0.29) is 16.6 Å². The van der Waals surface area contributed by atoms with Gasteiger partial charge in [-0.3, -0.25) is 4.57 Å². The van der Waals surface area contributed by atoms with Crippen LogP contribution < -0.4 is 10.4 Å². The summed E-state index contributed by atoms with van der Waals surface area (Å²) in [7, 11) is -3.54. The Morgan fingerprint density at radius 3 is 2.48 bits per heavy atom. The lowest BCUT2D eigenvalue weighted by atomic mass is 10.0. The third-order valence-corrected chi connectivity index (χ3v) is 7.12. The number of likely N-dealkylation sites (tertiary alicyclic amines) is 1. The summed E-state index contributed by atoms with van der Waals surface area (Å²) < 4.78 is 29.2. The first-order valence-corrected chi connectivity index (χ1v) is 11.5. The molecule has 29 heavy (non-hydrogen) atoms. The van der Waals surface area contributed by atoms with E-state index in [0.717, 1.165) is 37.0 Å². The normalized spacial score (nSPS) is 16.4. The zero-order valence-corrected chi connectivity index (χ0v) is 17.4. The molecule has 1 saturated heterocycles. The molecule has 4 rings (SSSR count). The molecule has 0 radical (unpaired) electrons. The molecule has 154 valence electrons. The maximum absolute atomic E-state index is 12.4. The molecule has 2 N–H and O–H groups in total. The number of piperidine rings is 1. The van der Waals surface area contributed by atoms with E-state index in [2.05, 4.69) is 14.6 Å². The van der Waals surface area contributed by atoms with Crippen molar-refractivity contribution in [2.45, 2.75) is 23.8 Å². The monoisotopic (exact) mass is 434 g/mol. The second-order valence-corrected chi connectivity index (χ2v) is 9.45. The van der Waals surface area contributed by atoms with Crippen LogP contribution in [0.1, 0.15) is 18.9 Å². The molecule has 3 aromatic rings. The first-order valence-electron chi connectivity index (χ1n) is 9.61. The zero-order chi connectivity index (χ0) is 20.4. The Morgan fingerprint density at radius 2 is 1.76 bits per heavy atom. The molecule has 0 unspecified atom stereocenters. The molecule has 1 aliphatic rings. The Labute approximate surface area is 174 Å². The number of H-pyrrole nitrogens is 1. The van der Waals surface area contributed by atoms with E-state index in [0.29, 0.717) is 18.1 Å². The number of halogens is 1. The van der Waals surface area contributed by atoms with Gasteiger partial charge in [0.25, 0.3) is 0 Å². The molecule has 9 heteroatoms. The molecule has 0 bridgehead atoms. The topological polar surface area (TPSA) is 87.2 Å². The molecular formula is C20H23ClN4O3S. The van der Waals surface area contributed by atoms with E-state index < -0.39 is 10.0 Å². The number of para-hydroxylation sites is 2. The van der Waals surface area contributed by atoms with Gasteiger partial charge in [-0.15, -0.1) is 0 Å². The van der Waals surface area contributed by atoms with Crippen LogP contribution in [0.2, 0.25) is 5.02 Å². The van der Waals surface area contributed by atoms with Crippen molar-refractivity contribution in [1.82, 2.24) is 19.2 Å². The van der Waals surface area contributed by atoms with Gasteiger partial charge in [-0.1, -0.05) is 23.7 Å². The van der Waals surface area contributed by atoms with Crippen LogP contribution in [-0.2, 0) is 10.0 Å². The van der Waals surface area contributed by atoms with Crippen LogP contribution in [0.25, 0.3) is 11.0 Å². The summed E-state index contributed by atoms with van der Waals surface area (Å²) in [6.07, 6.45) is 1.71. The Morgan fingerprint density at radius 1 is 1.07 bits per heavy atom. The number of fused-ring (bicyclic) bond motifs is 1. The van der Waals surface area contributed by atoms with Crippen LogP contribution in [0.3, 0.4) is 0 Å². The van der Waals surface area contributed by atoms with Crippen molar-refractivity contribution in [2.24, 2.45) is 0 Å². The first-order chi connectivity index (χ1) is 13.9. The Balaban J connectivity index is 1.32. The maximum Gasteiger partial charge on any atom is 0.326 e. The number of imidazole rings is 1. The predicted molar refractivity (Wildman–Crippen MR) is 114 cm³/mol. The number of nitrogens with zero attached hydrogens (tertiary/aromatic N) is 2. The lowest BCUT2D eigenvalue weighted by molar-refractivity contribution is 0.190. The Kier molecular flexibility index (Phi) is 5.78. The van der Waals surface area contributed by atoms with Gasteiger partial charge in [0.15, 0.2) is 0 Å². The molecule has 0 saturated carbocycles. The number of nitrogens with one attached hydrogen (secondary N) is 2. The highest BCUT2D eigenvalue weighted by Gasteiger charge is 2.23. The quantitative estimate of drug-likeness (QED) is 0.624. The van der Waals surface area contributed by atoms with Gasteiger partial charge < -0.3 is 9.88 Å². The standard InChI is InChI=1S/C20H23ClN4O3S/c21-15-5-7-17(8-6-15)29(27,28)22-11-14-24-12-9-16(10-13-24)25-19-4-2-1-3-18(19)23-20(25)26/h1-8,16,22H,9-14H2,(H,23,26). The average molecular weight is 435 g/mol. The molecular weight excluding hydrogens is 412 g/mol. The minimum absolute atomic E-state index is 0.0691. The summed E-state index contributed by atoms with van der Waals surface area (Å²) >= 11 is 5.81. The molecule has 0 atom stereocenters. The van der Waals surface area contributed by atoms with Gasteiger partial charge >= 0.3 is 5.69 Å². The molecule has 2 aromatic carbocycles. The number of hydrogen-bond donors (Lipinski definition) is 2. The van der Waals surface area contributed by atoms with Crippen LogP contribution in [0.4, 0.5) is 0 Å². The fourth-order valence-corrected chi connectivity index (χ4v) is 5.02. The summed E-state index contributed by atoms with van der Waals surface area (Å²) in [6, 6.07) is 14.0. The van der Waals surface area contributed by atoms with E-state index in [9.17, 15) is 13.2 Å². The predicted octanol–water partition coefficient (Wildman–Crippen LogP) is 2.60. The van der Waals surface area contributed by atoms with Crippen molar-refractivity contribution in [3.63, 3.8) is 0 Å². The maximum atomic E-state index is 12.4. The summed E-state index contributed by atoms with van der Waals surface area (Å²) in [5.74, 6) is 0.